The molecule has 0 saturated heterocycles. The van der Waals surface area contributed by atoms with Crippen molar-refractivity contribution in [2.45, 2.75) is 19.3 Å². The van der Waals surface area contributed by atoms with E-state index in [1.807, 2.05) is 0 Å². The first-order valence-electron chi connectivity index (χ1n) is 4.23. The second-order valence-corrected chi connectivity index (χ2v) is 2.90. The van der Waals surface area contributed by atoms with Crippen molar-refractivity contribution in [3.63, 3.8) is 0 Å². The van der Waals surface area contributed by atoms with Gasteiger partial charge in [0.05, 0.1) is 12.7 Å². The minimum absolute atomic E-state index is 0.0123. The van der Waals surface area contributed by atoms with Crippen LogP contribution in [0.15, 0.2) is 18.2 Å². The minimum Gasteiger partial charge on any atom is -0.496 e. The van der Waals surface area contributed by atoms with Crippen molar-refractivity contribution in [3.8, 4) is 5.75 Å². The zero-order valence-corrected chi connectivity index (χ0v) is 7.98. The minimum atomic E-state index is -3.05. The summed E-state index contributed by atoms with van der Waals surface area (Å²) in [5.74, 6) is -3.72. The molecule has 1 nitrogen and oxygen atoms in total. The van der Waals surface area contributed by atoms with E-state index in [9.17, 15) is 13.2 Å². The summed E-state index contributed by atoms with van der Waals surface area (Å²) < 4.78 is 44.0. The second-order valence-electron chi connectivity index (χ2n) is 2.90. The van der Waals surface area contributed by atoms with Gasteiger partial charge in [-0.3, -0.25) is 0 Å². The number of hydrogen-bond acceptors (Lipinski definition) is 1. The molecule has 1 aromatic carbocycles. The number of ether oxygens (including phenoxy) is 1. The third-order valence-corrected chi connectivity index (χ3v) is 2.00. The first-order chi connectivity index (χ1) is 6.51. The molecule has 0 amide bonds. The lowest BCUT2D eigenvalue weighted by Crippen LogP contribution is -2.13. The maximum absolute atomic E-state index is 13.3. The van der Waals surface area contributed by atoms with E-state index in [0.717, 1.165) is 12.1 Å². The van der Waals surface area contributed by atoms with Gasteiger partial charge in [0, 0.05) is 6.42 Å². The SMILES string of the molecule is CCC(F)(F)c1cc(F)ccc1OC. The van der Waals surface area contributed by atoms with E-state index in [4.69, 9.17) is 4.74 Å². The average molecular weight is 204 g/mol. The quantitative estimate of drug-likeness (QED) is 0.733. The average Bonchev–Trinajstić information content (AvgIpc) is 2.18. The van der Waals surface area contributed by atoms with Crippen molar-refractivity contribution >= 4 is 0 Å². The molecular weight excluding hydrogens is 193 g/mol. The summed E-state index contributed by atoms with van der Waals surface area (Å²) in [4.78, 5) is 0. The monoisotopic (exact) mass is 204 g/mol. The second kappa shape index (κ2) is 3.90. The Balaban J connectivity index is 3.23. The summed E-state index contributed by atoms with van der Waals surface area (Å²) >= 11 is 0. The Morgan fingerprint density at radius 1 is 1.36 bits per heavy atom. The van der Waals surface area contributed by atoms with Crippen LogP contribution < -0.4 is 4.74 Å². The molecule has 0 heterocycles. The van der Waals surface area contributed by atoms with Crippen LogP contribution in [0.3, 0.4) is 0 Å². The highest BCUT2D eigenvalue weighted by molar-refractivity contribution is 5.37. The standard InChI is InChI=1S/C10H11F3O/c1-3-10(12,13)8-6-7(11)4-5-9(8)14-2/h4-6H,3H2,1-2H3. The number of benzene rings is 1. The van der Waals surface area contributed by atoms with Crippen LogP contribution in [0.2, 0.25) is 0 Å². The molecule has 78 valence electrons. The Bertz CT molecular complexity index is 323. The number of alkyl halides is 2. The lowest BCUT2D eigenvalue weighted by Gasteiger charge is -2.17. The van der Waals surface area contributed by atoms with Crippen LogP contribution in [-0.4, -0.2) is 7.11 Å². The topological polar surface area (TPSA) is 9.23 Å². The van der Waals surface area contributed by atoms with Crippen molar-refractivity contribution in [1.29, 1.82) is 0 Å². The molecule has 0 bridgehead atoms. The van der Waals surface area contributed by atoms with Gasteiger partial charge in [0.2, 0.25) is 0 Å². The summed E-state index contributed by atoms with van der Waals surface area (Å²) in [5, 5.41) is 0. The van der Waals surface area contributed by atoms with Gasteiger partial charge in [-0.25, -0.2) is 13.2 Å². The van der Waals surface area contributed by atoms with E-state index in [1.165, 1.54) is 20.1 Å². The third kappa shape index (κ3) is 2.00. The van der Waals surface area contributed by atoms with Gasteiger partial charge in [0.15, 0.2) is 0 Å². The molecule has 0 unspecified atom stereocenters. The fraction of sp³-hybridized carbons (Fsp3) is 0.400. The van der Waals surface area contributed by atoms with Crippen LogP contribution in [0.5, 0.6) is 5.75 Å². The molecule has 14 heavy (non-hydrogen) atoms. The predicted molar refractivity (Wildman–Crippen MR) is 47.1 cm³/mol. The summed E-state index contributed by atoms with van der Waals surface area (Å²) in [7, 11) is 1.28. The number of hydrogen-bond donors (Lipinski definition) is 0. The van der Waals surface area contributed by atoms with Crippen molar-refractivity contribution < 1.29 is 17.9 Å². The number of methoxy groups -OCH3 is 1. The fourth-order valence-corrected chi connectivity index (χ4v) is 1.16. The number of halogens is 3. The molecule has 1 rings (SSSR count). The van der Waals surface area contributed by atoms with E-state index < -0.39 is 17.3 Å². The molecule has 0 atom stereocenters. The van der Waals surface area contributed by atoms with E-state index in [2.05, 4.69) is 0 Å². The summed E-state index contributed by atoms with van der Waals surface area (Å²) in [5.41, 5.74) is -0.400. The predicted octanol–water partition coefficient (Wildman–Crippen LogP) is 3.34. The Labute approximate surface area is 80.5 Å². The molecule has 0 aromatic heterocycles. The highest BCUT2D eigenvalue weighted by Crippen LogP contribution is 2.37. The molecule has 0 N–H and O–H groups in total. The molecule has 4 heteroatoms. The normalized spacial score (nSPS) is 11.5. The van der Waals surface area contributed by atoms with Crippen LogP contribution in [0.4, 0.5) is 13.2 Å². The molecule has 0 aliphatic heterocycles. The summed E-state index contributed by atoms with van der Waals surface area (Å²) in [6.07, 6.45) is -0.382. The lowest BCUT2D eigenvalue weighted by molar-refractivity contribution is -0.0107. The van der Waals surface area contributed by atoms with E-state index in [0.29, 0.717) is 0 Å². The van der Waals surface area contributed by atoms with E-state index in [-0.39, 0.29) is 12.2 Å². The Morgan fingerprint density at radius 2 is 2.00 bits per heavy atom. The molecule has 0 fully saturated rings. The van der Waals surface area contributed by atoms with Crippen LogP contribution in [0.25, 0.3) is 0 Å². The molecule has 1 aromatic rings. The third-order valence-electron chi connectivity index (χ3n) is 2.00. The highest BCUT2D eigenvalue weighted by atomic mass is 19.3. The molecule has 0 saturated carbocycles. The van der Waals surface area contributed by atoms with Crippen molar-refractivity contribution in [2.24, 2.45) is 0 Å². The van der Waals surface area contributed by atoms with Gasteiger partial charge in [-0.15, -0.1) is 0 Å². The highest BCUT2D eigenvalue weighted by Gasteiger charge is 2.32. The van der Waals surface area contributed by atoms with Crippen LogP contribution in [0.1, 0.15) is 18.9 Å². The zero-order chi connectivity index (χ0) is 10.8. The molecule has 0 radical (unpaired) electrons. The van der Waals surface area contributed by atoms with E-state index >= 15 is 0 Å². The summed E-state index contributed by atoms with van der Waals surface area (Å²) in [6, 6.07) is 3.10. The summed E-state index contributed by atoms with van der Waals surface area (Å²) in [6.45, 7) is 1.34. The van der Waals surface area contributed by atoms with Gasteiger partial charge in [0.1, 0.15) is 11.6 Å². The Kier molecular flexibility index (Phi) is 3.03. The first kappa shape index (κ1) is 10.9. The van der Waals surface area contributed by atoms with Gasteiger partial charge < -0.3 is 4.74 Å². The van der Waals surface area contributed by atoms with Gasteiger partial charge in [-0.2, -0.15) is 0 Å². The van der Waals surface area contributed by atoms with Crippen LogP contribution in [-0.2, 0) is 5.92 Å². The van der Waals surface area contributed by atoms with Crippen molar-refractivity contribution in [2.75, 3.05) is 7.11 Å². The number of rotatable bonds is 3. The van der Waals surface area contributed by atoms with Crippen molar-refractivity contribution in [3.05, 3.63) is 29.6 Å². The zero-order valence-electron chi connectivity index (χ0n) is 7.98. The van der Waals surface area contributed by atoms with E-state index in [1.54, 1.807) is 0 Å². The van der Waals surface area contributed by atoms with Crippen LogP contribution in [0, 0.1) is 5.82 Å². The molecular formula is C10H11F3O. The molecule has 0 aliphatic rings. The first-order valence-corrected chi connectivity index (χ1v) is 4.23. The Morgan fingerprint density at radius 3 is 2.50 bits per heavy atom. The smallest absolute Gasteiger partial charge is 0.276 e. The maximum Gasteiger partial charge on any atom is 0.276 e. The lowest BCUT2D eigenvalue weighted by atomic mass is 10.1. The largest absolute Gasteiger partial charge is 0.496 e. The van der Waals surface area contributed by atoms with Gasteiger partial charge >= 0.3 is 0 Å². The molecule has 0 aliphatic carbocycles. The van der Waals surface area contributed by atoms with Crippen molar-refractivity contribution in [1.82, 2.24) is 0 Å². The molecule has 0 spiro atoms. The van der Waals surface area contributed by atoms with Crippen LogP contribution >= 0.6 is 0 Å². The van der Waals surface area contributed by atoms with Gasteiger partial charge in [-0.05, 0) is 18.2 Å². The maximum atomic E-state index is 13.3. The van der Waals surface area contributed by atoms with Gasteiger partial charge in [0.25, 0.3) is 5.92 Å². The van der Waals surface area contributed by atoms with Gasteiger partial charge in [-0.1, -0.05) is 6.92 Å². The fourth-order valence-electron chi connectivity index (χ4n) is 1.16. The Hall–Kier alpha value is -1.19.